The molecule has 2 unspecified atom stereocenters. The molecule has 2 nitrogen and oxygen atoms in total. The molecule has 1 aromatic heterocycles. The fourth-order valence-corrected chi connectivity index (χ4v) is 3.34. The van der Waals surface area contributed by atoms with Crippen molar-refractivity contribution in [3.05, 3.63) is 28.2 Å². The van der Waals surface area contributed by atoms with Crippen LogP contribution in [0.2, 0.25) is 0 Å². The van der Waals surface area contributed by atoms with Crippen molar-refractivity contribution in [2.45, 2.75) is 33.1 Å². The predicted molar refractivity (Wildman–Crippen MR) is 74.3 cm³/mol. The maximum absolute atomic E-state index is 4.29. The Morgan fingerprint density at radius 1 is 1.53 bits per heavy atom. The standard InChI is InChI=1S/C14H22N2S/c1-11-7-12(2)9-13(8-11)10-15-4-3-14-16-5-6-17-14/h5-7,11,13,15H,3-4,8-10H2,1-2H3. The summed E-state index contributed by atoms with van der Waals surface area (Å²) in [6, 6.07) is 0. The zero-order chi connectivity index (χ0) is 12.1. The lowest BCUT2D eigenvalue weighted by molar-refractivity contribution is 0.383. The molecule has 1 aliphatic carbocycles. The summed E-state index contributed by atoms with van der Waals surface area (Å²) >= 11 is 1.75. The van der Waals surface area contributed by atoms with Crippen LogP contribution in [0.5, 0.6) is 0 Å². The van der Waals surface area contributed by atoms with Gasteiger partial charge in [0, 0.05) is 24.5 Å². The van der Waals surface area contributed by atoms with Gasteiger partial charge < -0.3 is 5.32 Å². The van der Waals surface area contributed by atoms with E-state index >= 15 is 0 Å². The Labute approximate surface area is 108 Å². The quantitative estimate of drug-likeness (QED) is 0.641. The van der Waals surface area contributed by atoms with Crippen molar-refractivity contribution in [1.82, 2.24) is 10.3 Å². The molecule has 1 N–H and O–H groups in total. The average Bonchev–Trinajstić information content (AvgIpc) is 2.76. The largest absolute Gasteiger partial charge is 0.316 e. The summed E-state index contributed by atoms with van der Waals surface area (Å²) in [5, 5.41) is 6.86. The Morgan fingerprint density at radius 3 is 3.12 bits per heavy atom. The number of allylic oxidation sites excluding steroid dienone is 2. The van der Waals surface area contributed by atoms with Gasteiger partial charge in [-0.3, -0.25) is 0 Å². The van der Waals surface area contributed by atoms with Gasteiger partial charge in [-0.15, -0.1) is 11.3 Å². The minimum atomic E-state index is 0.759. The number of aromatic nitrogens is 1. The van der Waals surface area contributed by atoms with E-state index in [1.54, 1.807) is 16.9 Å². The maximum Gasteiger partial charge on any atom is 0.0937 e. The number of nitrogens with one attached hydrogen (secondary N) is 1. The van der Waals surface area contributed by atoms with E-state index in [4.69, 9.17) is 0 Å². The van der Waals surface area contributed by atoms with E-state index in [0.717, 1.165) is 31.3 Å². The van der Waals surface area contributed by atoms with Gasteiger partial charge in [0.05, 0.1) is 5.01 Å². The molecule has 0 aromatic carbocycles. The minimum absolute atomic E-state index is 0.759. The first-order chi connectivity index (χ1) is 8.24. The first kappa shape index (κ1) is 12.8. The molecule has 2 atom stereocenters. The van der Waals surface area contributed by atoms with Crippen LogP contribution in [0, 0.1) is 11.8 Å². The van der Waals surface area contributed by atoms with E-state index in [9.17, 15) is 0 Å². The maximum atomic E-state index is 4.29. The van der Waals surface area contributed by atoms with Crippen molar-refractivity contribution in [3.63, 3.8) is 0 Å². The SMILES string of the molecule is CC1=CC(C)CC(CNCCc2nccs2)C1. The van der Waals surface area contributed by atoms with Crippen LogP contribution in [0.4, 0.5) is 0 Å². The van der Waals surface area contributed by atoms with E-state index in [2.05, 4.69) is 30.2 Å². The van der Waals surface area contributed by atoms with Gasteiger partial charge in [-0.1, -0.05) is 18.6 Å². The van der Waals surface area contributed by atoms with Crippen molar-refractivity contribution in [2.24, 2.45) is 11.8 Å². The number of rotatable bonds is 5. The van der Waals surface area contributed by atoms with Crippen LogP contribution < -0.4 is 5.32 Å². The molecule has 0 aliphatic heterocycles. The number of hydrogen-bond donors (Lipinski definition) is 1. The lowest BCUT2D eigenvalue weighted by atomic mass is 9.84. The third kappa shape index (κ3) is 4.25. The Hall–Kier alpha value is -0.670. The van der Waals surface area contributed by atoms with Gasteiger partial charge in [0.15, 0.2) is 0 Å². The summed E-state index contributed by atoms with van der Waals surface area (Å²) in [7, 11) is 0. The van der Waals surface area contributed by atoms with Gasteiger partial charge in [-0.25, -0.2) is 4.98 Å². The Kier molecular flexibility index (Phi) is 4.75. The second-order valence-electron chi connectivity index (χ2n) is 5.18. The highest BCUT2D eigenvalue weighted by Gasteiger charge is 2.17. The van der Waals surface area contributed by atoms with E-state index in [1.807, 2.05) is 11.6 Å². The van der Waals surface area contributed by atoms with Crippen LogP contribution in [0.1, 0.15) is 31.7 Å². The van der Waals surface area contributed by atoms with E-state index < -0.39 is 0 Å². The molecule has 17 heavy (non-hydrogen) atoms. The molecule has 0 spiro atoms. The van der Waals surface area contributed by atoms with Crippen molar-refractivity contribution in [2.75, 3.05) is 13.1 Å². The van der Waals surface area contributed by atoms with Crippen LogP contribution in [-0.2, 0) is 6.42 Å². The summed E-state index contributed by atoms with van der Waals surface area (Å²) in [6.45, 7) is 6.80. The van der Waals surface area contributed by atoms with Crippen LogP contribution in [0.15, 0.2) is 23.2 Å². The smallest absolute Gasteiger partial charge is 0.0937 e. The molecule has 1 aliphatic rings. The highest BCUT2D eigenvalue weighted by molar-refractivity contribution is 7.09. The van der Waals surface area contributed by atoms with E-state index in [-0.39, 0.29) is 0 Å². The summed E-state index contributed by atoms with van der Waals surface area (Å²) in [6.07, 6.45) is 7.98. The number of nitrogens with zero attached hydrogens (tertiary/aromatic N) is 1. The Bertz CT molecular complexity index is 356. The predicted octanol–water partition coefficient (Wildman–Crippen LogP) is 3.27. The molecular formula is C14H22N2S. The molecule has 2 rings (SSSR count). The minimum Gasteiger partial charge on any atom is -0.316 e. The molecule has 1 aromatic rings. The van der Waals surface area contributed by atoms with Crippen molar-refractivity contribution in [1.29, 1.82) is 0 Å². The van der Waals surface area contributed by atoms with Crippen molar-refractivity contribution in [3.8, 4) is 0 Å². The van der Waals surface area contributed by atoms with Crippen LogP contribution in [-0.4, -0.2) is 18.1 Å². The monoisotopic (exact) mass is 250 g/mol. The Balaban J connectivity index is 1.64. The summed E-state index contributed by atoms with van der Waals surface area (Å²) < 4.78 is 0. The summed E-state index contributed by atoms with van der Waals surface area (Å²) in [5.41, 5.74) is 1.57. The fourth-order valence-electron chi connectivity index (χ4n) is 2.72. The van der Waals surface area contributed by atoms with Crippen LogP contribution >= 0.6 is 11.3 Å². The zero-order valence-corrected chi connectivity index (χ0v) is 11.6. The third-order valence-corrected chi connectivity index (χ3v) is 4.16. The lowest BCUT2D eigenvalue weighted by Gasteiger charge is -2.25. The van der Waals surface area contributed by atoms with Gasteiger partial charge in [0.1, 0.15) is 0 Å². The molecular weight excluding hydrogens is 228 g/mol. The topological polar surface area (TPSA) is 24.9 Å². The summed E-state index contributed by atoms with van der Waals surface area (Å²) in [4.78, 5) is 4.29. The van der Waals surface area contributed by atoms with Crippen LogP contribution in [0.25, 0.3) is 0 Å². The van der Waals surface area contributed by atoms with Gasteiger partial charge in [0.2, 0.25) is 0 Å². The third-order valence-electron chi connectivity index (χ3n) is 3.32. The highest BCUT2D eigenvalue weighted by atomic mass is 32.1. The molecule has 0 fully saturated rings. The van der Waals surface area contributed by atoms with Crippen LogP contribution in [0.3, 0.4) is 0 Å². The normalized spacial score (nSPS) is 24.7. The first-order valence-corrected chi connectivity index (χ1v) is 7.38. The molecule has 1 heterocycles. The van der Waals surface area contributed by atoms with Gasteiger partial charge in [-0.2, -0.15) is 0 Å². The molecule has 94 valence electrons. The van der Waals surface area contributed by atoms with Gasteiger partial charge >= 0.3 is 0 Å². The molecule has 0 radical (unpaired) electrons. The average molecular weight is 250 g/mol. The van der Waals surface area contributed by atoms with Crippen molar-refractivity contribution >= 4 is 11.3 Å². The van der Waals surface area contributed by atoms with Crippen molar-refractivity contribution < 1.29 is 0 Å². The summed E-state index contributed by atoms with van der Waals surface area (Å²) in [5.74, 6) is 1.58. The van der Waals surface area contributed by atoms with Gasteiger partial charge in [-0.05, 0) is 38.1 Å². The molecule has 0 amide bonds. The molecule has 0 saturated carbocycles. The first-order valence-electron chi connectivity index (χ1n) is 6.50. The lowest BCUT2D eigenvalue weighted by Crippen LogP contribution is -2.27. The van der Waals surface area contributed by atoms with Gasteiger partial charge in [0.25, 0.3) is 0 Å². The molecule has 0 bridgehead atoms. The highest BCUT2D eigenvalue weighted by Crippen LogP contribution is 2.27. The zero-order valence-electron chi connectivity index (χ0n) is 10.8. The fraction of sp³-hybridized carbons (Fsp3) is 0.643. The second-order valence-corrected chi connectivity index (χ2v) is 6.16. The molecule has 0 saturated heterocycles. The number of thiazole rings is 1. The van der Waals surface area contributed by atoms with E-state index in [0.29, 0.717) is 0 Å². The van der Waals surface area contributed by atoms with E-state index in [1.165, 1.54) is 17.8 Å². The molecule has 3 heteroatoms. The Morgan fingerprint density at radius 2 is 2.41 bits per heavy atom. The second kappa shape index (κ2) is 6.31. The number of hydrogen-bond acceptors (Lipinski definition) is 3.